The van der Waals surface area contributed by atoms with E-state index in [1.54, 1.807) is 7.11 Å². The second-order valence-corrected chi connectivity index (χ2v) is 8.18. The van der Waals surface area contributed by atoms with Crippen LogP contribution in [0.25, 0.3) is 11.4 Å². The summed E-state index contributed by atoms with van der Waals surface area (Å²) in [5, 5.41) is 10.0. The van der Waals surface area contributed by atoms with E-state index in [9.17, 15) is 4.79 Å². The van der Waals surface area contributed by atoms with Gasteiger partial charge in [0, 0.05) is 30.8 Å². The van der Waals surface area contributed by atoms with Gasteiger partial charge in [0.05, 0.1) is 31.1 Å². The molecule has 2 heterocycles. The number of hydrogen-bond donors (Lipinski definition) is 0. The highest BCUT2D eigenvalue weighted by Gasteiger charge is 2.26. The lowest BCUT2D eigenvalue weighted by atomic mass is 10.2. The van der Waals surface area contributed by atoms with Crippen molar-refractivity contribution in [1.82, 2.24) is 19.7 Å². The number of aromatic nitrogens is 3. The monoisotopic (exact) mass is 424 g/mol. The third-order valence-electron chi connectivity index (χ3n) is 4.44. The SMILES string of the molecule is COCCn1c(SCC(=O)N2C[C@H](C)O[C@@H](C)C2)nnc1-c1ccc(Cl)cc1. The first-order valence-corrected chi connectivity index (χ1v) is 10.6. The van der Waals surface area contributed by atoms with Crippen LogP contribution in [-0.2, 0) is 20.8 Å². The average molecular weight is 425 g/mol. The van der Waals surface area contributed by atoms with Crippen LogP contribution >= 0.6 is 23.4 Å². The lowest BCUT2D eigenvalue weighted by Gasteiger charge is -2.35. The van der Waals surface area contributed by atoms with Crippen LogP contribution in [0, 0.1) is 0 Å². The van der Waals surface area contributed by atoms with Crippen LogP contribution in [0.5, 0.6) is 0 Å². The number of methoxy groups -OCH3 is 1. The van der Waals surface area contributed by atoms with Crippen molar-refractivity contribution in [3.63, 3.8) is 0 Å². The number of morpholine rings is 1. The maximum absolute atomic E-state index is 12.7. The molecule has 28 heavy (non-hydrogen) atoms. The minimum absolute atomic E-state index is 0.0552. The van der Waals surface area contributed by atoms with Gasteiger partial charge in [-0.15, -0.1) is 10.2 Å². The van der Waals surface area contributed by atoms with E-state index in [1.165, 1.54) is 11.8 Å². The van der Waals surface area contributed by atoms with Gasteiger partial charge in [-0.3, -0.25) is 9.36 Å². The van der Waals surface area contributed by atoms with Gasteiger partial charge in [0.1, 0.15) is 0 Å². The highest BCUT2D eigenvalue weighted by molar-refractivity contribution is 7.99. The summed E-state index contributed by atoms with van der Waals surface area (Å²) in [5.74, 6) is 1.13. The van der Waals surface area contributed by atoms with Crippen molar-refractivity contribution >= 4 is 29.3 Å². The molecule has 152 valence electrons. The molecule has 1 aromatic carbocycles. The van der Waals surface area contributed by atoms with Crippen LogP contribution in [0.4, 0.5) is 0 Å². The molecule has 0 bridgehead atoms. The number of carbonyl (C=O) groups is 1. The number of halogens is 1. The van der Waals surface area contributed by atoms with Gasteiger partial charge < -0.3 is 14.4 Å². The Balaban J connectivity index is 1.72. The second-order valence-electron chi connectivity index (χ2n) is 6.80. The number of hydrogen-bond acceptors (Lipinski definition) is 6. The topological polar surface area (TPSA) is 69.5 Å². The lowest BCUT2D eigenvalue weighted by Crippen LogP contribution is -2.48. The second kappa shape index (κ2) is 9.73. The van der Waals surface area contributed by atoms with Gasteiger partial charge in [0.15, 0.2) is 11.0 Å². The Labute approximate surface area is 174 Å². The number of amides is 1. The Morgan fingerprint density at radius 3 is 2.57 bits per heavy atom. The van der Waals surface area contributed by atoms with Gasteiger partial charge in [-0.2, -0.15) is 0 Å². The number of rotatable bonds is 7. The fourth-order valence-electron chi connectivity index (χ4n) is 3.19. The molecule has 0 N–H and O–H groups in total. The summed E-state index contributed by atoms with van der Waals surface area (Å²) in [7, 11) is 1.66. The first-order chi connectivity index (χ1) is 13.5. The Hall–Kier alpha value is -1.61. The normalized spacial score (nSPS) is 19.8. The molecule has 1 saturated heterocycles. The number of ether oxygens (including phenoxy) is 2. The first kappa shape index (κ1) is 21.1. The molecule has 0 unspecified atom stereocenters. The molecule has 0 radical (unpaired) electrons. The summed E-state index contributed by atoms with van der Waals surface area (Å²) in [6.45, 7) is 6.35. The molecule has 0 spiro atoms. The largest absolute Gasteiger partial charge is 0.383 e. The summed E-state index contributed by atoms with van der Waals surface area (Å²) in [6.07, 6.45) is 0.110. The molecule has 2 aromatic rings. The molecule has 1 aliphatic rings. The van der Waals surface area contributed by atoms with Crippen LogP contribution in [0.2, 0.25) is 5.02 Å². The fraction of sp³-hybridized carbons (Fsp3) is 0.526. The van der Waals surface area contributed by atoms with Gasteiger partial charge in [-0.1, -0.05) is 23.4 Å². The van der Waals surface area contributed by atoms with Crippen molar-refractivity contribution < 1.29 is 14.3 Å². The Morgan fingerprint density at radius 1 is 1.25 bits per heavy atom. The summed E-state index contributed by atoms with van der Waals surface area (Å²) in [5.41, 5.74) is 0.919. The van der Waals surface area contributed by atoms with Crippen LogP contribution in [0.3, 0.4) is 0 Å². The summed E-state index contributed by atoms with van der Waals surface area (Å²) in [4.78, 5) is 14.5. The molecule has 1 aliphatic heterocycles. The van der Waals surface area contributed by atoms with Crippen LogP contribution < -0.4 is 0 Å². The van der Waals surface area contributed by atoms with Gasteiger partial charge in [-0.25, -0.2) is 0 Å². The fourth-order valence-corrected chi connectivity index (χ4v) is 4.18. The van der Waals surface area contributed by atoms with Crippen molar-refractivity contribution in [3.05, 3.63) is 29.3 Å². The number of carbonyl (C=O) groups excluding carboxylic acids is 1. The van der Waals surface area contributed by atoms with Crippen LogP contribution in [0.15, 0.2) is 29.4 Å². The Bertz CT molecular complexity index is 789. The quantitative estimate of drug-likeness (QED) is 0.636. The maximum atomic E-state index is 12.7. The molecular weight excluding hydrogens is 400 g/mol. The summed E-state index contributed by atoms with van der Waals surface area (Å²) < 4.78 is 12.9. The molecule has 2 atom stereocenters. The van der Waals surface area contributed by atoms with Crippen LogP contribution in [-0.4, -0.2) is 70.3 Å². The maximum Gasteiger partial charge on any atom is 0.233 e. The van der Waals surface area contributed by atoms with Gasteiger partial charge in [0.25, 0.3) is 0 Å². The predicted molar refractivity (Wildman–Crippen MR) is 110 cm³/mol. The summed E-state index contributed by atoms with van der Waals surface area (Å²) >= 11 is 7.38. The zero-order chi connectivity index (χ0) is 20.1. The van der Waals surface area contributed by atoms with E-state index in [0.717, 1.165) is 11.4 Å². The van der Waals surface area contributed by atoms with E-state index >= 15 is 0 Å². The third kappa shape index (κ3) is 5.26. The molecule has 0 saturated carbocycles. The molecule has 1 amide bonds. The molecule has 7 nitrogen and oxygen atoms in total. The Morgan fingerprint density at radius 2 is 1.93 bits per heavy atom. The van der Waals surface area contributed by atoms with E-state index in [-0.39, 0.29) is 18.1 Å². The molecular formula is C19H25ClN4O3S. The van der Waals surface area contributed by atoms with Crippen molar-refractivity contribution in [1.29, 1.82) is 0 Å². The number of benzene rings is 1. The predicted octanol–water partition coefficient (Wildman–Crippen LogP) is 2.97. The first-order valence-electron chi connectivity index (χ1n) is 9.22. The molecule has 1 aromatic heterocycles. The number of nitrogens with zero attached hydrogens (tertiary/aromatic N) is 4. The van der Waals surface area contributed by atoms with Crippen molar-refractivity contribution in [3.8, 4) is 11.4 Å². The standard InChI is InChI=1S/C19H25ClN4O3S/c1-13-10-23(11-14(2)27-13)17(25)12-28-19-22-21-18(24(19)8-9-26-3)15-4-6-16(20)7-5-15/h4-7,13-14H,8-12H2,1-3H3/t13-,14-/m0/s1. The van der Waals surface area contributed by atoms with E-state index in [2.05, 4.69) is 10.2 Å². The van der Waals surface area contributed by atoms with Gasteiger partial charge >= 0.3 is 0 Å². The lowest BCUT2D eigenvalue weighted by molar-refractivity contribution is -0.140. The smallest absolute Gasteiger partial charge is 0.233 e. The van der Waals surface area contributed by atoms with Gasteiger partial charge in [0.2, 0.25) is 5.91 Å². The van der Waals surface area contributed by atoms with E-state index < -0.39 is 0 Å². The van der Waals surface area contributed by atoms with Crippen molar-refractivity contribution in [2.24, 2.45) is 0 Å². The highest BCUT2D eigenvalue weighted by atomic mass is 35.5. The molecule has 0 aliphatic carbocycles. The van der Waals surface area contributed by atoms with E-state index in [4.69, 9.17) is 21.1 Å². The minimum Gasteiger partial charge on any atom is -0.383 e. The minimum atomic E-state index is 0.0552. The van der Waals surface area contributed by atoms with Crippen LogP contribution in [0.1, 0.15) is 13.8 Å². The van der Waals surface area contributed by atoms with Crippen molar-refractivity contribution in [2.75, 3.05) is 32.6 Å². The van der Waals surface area contributed by atoms with Crippen molar-refractivity contribution in [2.45, 2.75) is 37.8 Å². The molecule has 3 rings (SSSR count). The Kier molecular flexibility index (Phi) is 7.34. The average Bonchev–Trinajstić information content (AvgIpc) is 3.07. The molecule has 9 heteroatoms. The third-order valence-corrected chi connectivity index (χ3v) is 5.64. The zero-order valence-corrected chi connectivity index (χ0v) is 17.9. The number of thioether (sulfide) groups is 1. The van der Waals surface area contributed by atoms with Gasteiger partial charge in [-0.05, 0) is 38.1 Å². The van der Waals surface area contributed by atoms with E-state index in [0.29, 0.717) is 42.2 Å². The molecule has 1 fully saturated rings. The zero-order valence-electron chi connectivity index (χ0n) is 16.3. The highest BCUT2D eigenvalue weighted by Crippen LogP contribution is 2.25. The summed E-state index contributed by atoms with van der Waals surface area (Å²) in [6, 6.07) is 7.46. The van der Waals surface area contributed by atoms with E-state index in [1.807, 2.05) is 47.6 Å².